The van der Waals surface area contributed by atoms with E-state index in [9.17, 15) is 14.3 Å². The summed E-state index contributed by atoms with van der Waals surface area (Å²) in [5.74, 6) is -1.09. The molecular formula is C16H17FN2O2. The summed E-state index contributed by atoms with van der Waals surface area (Å²) in [6, 6.07) is 9.91. The summed E-state index contributed by atoms with van der Waals surface area (Å²) >= 11 is 0. The minimum atomic E-state index is -0.633. The number of aromatic hydroxyl groups is 1. The molecule has 0 aromatic heterocycles. The van der Waals surface area contributed by atoms with Gasteiger partial charge in [-0.1, -0.05) is 12.1 Å². The van der Waals surface area contributed by atoms with Gasteiger partial charge in [-0.05, 0) is 36.8 Å². The number of nitrogens with one attached hydrogen (secondary N) is 2. The minimum Gasteiger partial charge on any atom is -0.505 e. The molecule has 1 amide bonds. The van der Waals surface area contributed by atoms with E-state index >= 15 is 0 Å². The van der Waals surface area contributed by atoms with E-state index in [1.165, 1.54) is 13.0 Å². The summed E-state index contributed by atoms with van der Waals surface area (Å²) in [6.07, 6.45) is 0. The number of phenols is 1. The number of anilines is 2. The lowest BCUT2D eigenvalue weighted by Gasteiger charge is -2.12. The van der Waals surface area contributed by atoms with Crippen LogP contribution >= 0.6 is 0 Å². The molecule has 0 spiro atoms. The zero-order chi connectivity index (χ0) is 15.4. The summed E-state index contributed by atoms with van der Waals surface area (Å²) in [5.41, 5.74) is 2.98. The second kappa shape index (κ2) is 6.26. The number of phenolic OH excluding ortho intramolecular Hbond substituents is 1. The van der Waals surface area contributed by atoms with Gasteiger partial charge in [-0.25, -0.2) is 4.39 Å². The molecule has 0 saturated heterocycles. The highest BCUT2D eigenvalue weighted by Crippen LogP contribution is 2.23. The fourth-order valence-corrected chi connectivity index (χ4v) is 2.00. The normalized spacial score (nSPS) is 10.2. The van der Waals surface area contributed by atoms with Gasteiger partial charge in [-0.3, -0.25) is 4.79 Å². The maximum absolute atomic E-state index is 13.2. The van der Waals surface area contributed by atoms with Crippen molar-refractivity contribution in [1.29, 1.82) is 0 Å². The van der Waals surface area contributed by atoms with E-state index in [-0.39, 0.29) is 11.7 Å². The molecule has 0 aliphatic rings. The maximum atomic E-state index is 13.2. The third kappa shape index (κ3) is 3.72. The molecule has 4 nitrogen and oxygen atoms in total. The topological polar surface area (TPSA) is 61.4 Å². The van der Waals surface area contributed by atoms with E-state index < -0.39 is 5.82 Å². The van der Waals surface area contributed by atoms with E-state index in [2.05, 4.69) is 10.6 Å². The molecule has 2 rings (SSSR count). The molecular weight excluding hydrogens is 271 g/mol. The first kappa shape index (κ1) is 14.8. The lowest BCUT2D eigenvalue weighted by molar-refractivity contribution is -0.114. The van der Waals surface area contributed by atoms with Gasteiger partial charge in [0.25, 0.3) is 0 Å². The third-order valence-corrected chi connectivity index (χ3v) is 3.09. The number of carbonyl (C=O) groups excluding carboxylic acids is 1. The molecule has 0 aliphatic carbocycles. The number of aryl methyl sites for hydroxylation is 1. The highest BCUT2D eigenvalue weighted by atomic mass is 19.1. The number of para-hydroxylation sites is 1. The lowest BCUT2D eigenvalue weighted by atomic mass is 10.1. The van der Waals surface area contributed by atoms with Gasteiger partial charge < -0.3 is 15.7 Å². The van der Waals surface area contributed by atoms with E-state index in [0.717, 1.165) is 16.9 Å². The van der Waals surface area contributed by atoms with Crippen LogP contribution in [0.15, 0.2) is 36.4 Å². The SMILES string of the molecule is CC(=O)Nc1ccc(NCc2cccc(F)c2O)cc1C. The molecule has 110 valence electrons. The van der Waals surface area contributed by atoms with Gasteiger partial charge in [-0.2, -0.15) is 0 Å². The van der Waals surface area contributed by atoms with Crippen molar-refractivity contribution in [1.82, 2.24) is 0 Å². The molecule has 0 aliphatic heterocycles. The molecule has 0 atom stereocenters. The first-order valence-corrected chi connectivity index (χ1v) is 6.56. The van der Waals surface area contributed by atoms with Crippen molar-refractivity contribution < 1.29 is 14.3 Å². The number of halogens is 1. The largest absolute Gasteiger partial charge is 0.505 e. The second-order valence-electron chi connectivity index (χ2n) is 4.81. The van der Waals surface area contributed by atoms with Crippen LogP contribution in [0.1, 0.15) is 18.1 Å². The van der Waals surface area contributed by atoms with Crippen LogP contribution in [0.2, 0.25) is 0 Å². The first-order valence-electron chi connectivity index (χ1n) is 6.56. The van der Waals surface area contributed by atoms with Crippen LogP contribution in [0, 0.1) is 12.7 Å². The minimum absolute atomic E-state index is 0.122. The van der Waals surface area contributed by atoms with E-state index in [1.807, 2.05) is 19.1 Å². The number of hydrogen-bond acceptors (Lipinski definition) is 3. The van der Waals surface area contributed by atoms with E-state index in [4.69, 9.17) is 0 Å². The Kier molecular flexibility index (Phi) is 4.42. The lowest BCUT2D eigenvalue weighted by Crippen LogP contribution is -2.07. The zero-order valence-corrected chi connectivity index (χ0v) is 11.9. The predicted octanol–water partition coefficient (Wildman–Crippen LogP) is 3.41. The molecule has 0 bridgehead atoms. The number of amides is 1. The van der Waals surface area contributed by atoms with Crippen LogP contribution in [-0.4, -0.2) is 11.0 Å². The van der Waals surface area contributed by atoms with Crippen LogP contribution in [-0.2, 0) is 11.3 Å². The summed E-state index contributed by atoms with van der Waals surface area (Å²) < 4.78 is 13.2. The summed E-state index contributed by atoms with van der Waals surface area (Å²) in [5, 5.41) is 15.5. The van der Waals surface area contributed by atoms with Crippen LogP contribution < -0.4 is 10.6 Å². The summed E-state index contributed by atoms with van der Waals surface area (Å²) in [6.45, 7) is 3.65. The molecule has 0 unspecified atom stereocenters. The van der Waals surface area contributed by atoms with Crippen LogP contribution in [0.4, 0.5) is 15.8 Å². The van der Waals surface area contributed by atoms with Crippen molar-refractivity contribution in [3.05, 3.63) is 53.3 Å². The smallest absolute Gasteiger partial charge is 0.221 e. The molecule has 0 heterocycles. The van der Waals surface area contributed by atoms with Gasteiger partial charge in [0.05, 0.1) is 0 Å². The Morgan fingerprint density at radius 3 is 2.71 bits per heavy atom. The Hall–Kier alpha value is -2.56. The molecule has 2 aromatic carbocycles. The molecule has 2 aromatic rings. The van der Waals surface area contributed by atoms with Gasteiger partial charge in [0, 0.05) is 30.4 Å². The van der Waals surface area contributed by atoms with Gasteiger partial charge >= 0.3 is 0 Å². The second-order valence-corrected chi connectivity index (χ2v) is 4.81. The fraction of sp³-hybridized carbons (Fsp3) is 0.188. The highest BCUT2D eigenvalue weighted by molar-refractivity contribution is 5.89. The number of hydrogen-bond donors (Lipinski definition) is 3. The molecule has 0 radical (unpaired) electrons. The average Bonchev–Trinajstić information content (AvgIpc) is 2.43. The van der Waals surface area contributed by atoms with Gasteiger partial charge in [0.15, 0.2) is 11.6 Å². The van der Waals surface area contributed by atoms with Crippen LogP contribution in [0.3, 0.4) is 0 Å². The average molecular weight is 288 g/mol. The quantitative estimate of drug-likeness (QED) is 0.808. The van der Waals surface area contributed by atoms with E-state index in [1.54, 1.807) is 18.2 Å². The van der Waals surface area contributed by atoms with Crippen LogP contribution in [0.25, 0.3) is 0 Å². The summed E-state index contributed by atoms with van der Waals surface area (Å²) in [7, 11) is 0. The standard InChI is InChI=1S/C16H17FN2O2/c1-10-8-13(6-7-15(10)19-11(2)20)18-9-12-4-3-5-14(17)16(12)21/h3-8,18,21H,9H2,1-2H3,(H,19,20). The zero-order valence-electron chi connectivity index (χ0n) is 11.9. The van der Waals surface area contributed by atoms with Crippen molar-refractivity contribution in [3.8, 4) is 5.75 Å². The molecule has 5 heteroatoms. The maximum Gasteiger partial charge on any atom is 0.221 e. The van der Waals surface area contributed by atoms with Crippen molar-refractivity contribution in [2.45, 2.75) is 20.4 Å². The van der Waals surface area contributed by atoms with Crippen molar-refractivity contribution >= 4 is 17.3 Å². The Morgan fingerprint density at radius 2 is 2.05 bits per heavy atom. The summed E-state index contributed by atoms with van der Waals surface area (Å²) in [4.78, 5) is 11.0. The van der Waals surface area contributed by atoms with Crippen molar-refractivity contribution in [2.75, 3.05) is 10.6 Å². The molecule has 0 saturated carbocycles. The molecule has 3 N–H and O–H groups in total. The predicted molar refractivity (Wildman–Crippen MR) is 80.9 cm³/mol. The third-order valence-electron chi connectivity index (χ3n) is 3.09. The Bertz CT molecular complexity index is 671. The van der Waals surface area contributed by atoms with Crippen molar-refractivity contribution in [3.63, 3.8) is 0 Å². The Labute approximate surface area is 122 Å². The molecule has 21 heavy (non-hydrogen) atoms. The highest BCUT2D eigenvalue weighted by Gasteiger charge is 2.07. The number of carbonyl (C=O) groups is 1. The number of benzene rings is 2. The number of rotatable bonds is 4. The first-order chi connectivity index (χ1) is 9.97. The van der Waals surface area contributed by atoms with E-state index in [0.29, 0.717) is 12.1 Å². The van der Waals surface area contributed by atoms with Crippen LogP contribution in [0.5, 0.6) is 5.75 Å². The monoisotopic (exact) mass is 288 g/mol. The molecule has 0 fully saturated rings. The van der Waals surface area contributed by atoms with Gasteiger partial charge in [-0.15, -0.1) is 0 Å². The van der Waals surface area contributed by atoms with Gasteiger partial charge in [0.1, 0.15) is 0 Å². The fourth-order valence-electron chi connectivity index (χ4n) is 2.00. The van der Waals surface area contributed by atoms with Crippen molar-refractivity contribution in [2.24, 2.45) is 0 Å². The Morgan fingerprint density at radius 1 is 1.29 bits per heavy atom. The van der Waals surface area contributed by atoms with Gasteiger partial charge in [0.2, 0.25) is 5.91 Å². The Balaban J connectivity index is 2.08.